The Balaban J connectivity index is 1.88. The van der Waals surface area contributed by atoms with Gasteiger partial charge in [0.05, 0.1) is 6.04 Å². The van der Waals surface area contributed by atoms with Crippen LogP contribution in [-0.4, -0.2) is 26.8 Å². The summed E-state index contributed by atoms with van der Waals surface area (Å²) in [6.45, 7) is 0.614. The molecule has 100 valence electrons. The van der Waals surface area contributed by atoms with Gasteiger partial charge in [0.2, 0.25) is 5.16 Å². The van der Waals surface area contributed by atoms with Crippen molar-refractivity contribution >= 4 is 23.4 Å². The fourth-order valence-electron chi connectivity index (χ4n) is 1.88. The zero-order valence-electron chi connectivity index (χ0n) is 10.3. The lowest BCUT2D eigenvalue weighted by molar-refractivity contribution is 0.565. The highest BCUT2D eigenvalue weighted by atomic mass is 35.5. The highest BCUT2D eigenvalue weighted by Crippen LogP contribution is 2.39. The first kappa shape index (κ1) is 12.9. The molecule has 0 amide bonds. The first-order valence-electron chi connectivity index (χ1n) is 6.22. The van der Waals surface area contributed by atoms with Gasteiger partial charge in [0.15, 0.2) is 0 Å². The Morgan fingerprint density at radius 3 is 3.00 bits per heavy atom. The molecule has 0 unspecified atom stereocenters. The minimum absolute atomic E-state index is 0.467. The molecule has 2 aromatic rings. The number of nitrogens with two attached hydrogens (primary N) is 1. The topological polar surface area (TPSA) is 69.6 Å². The monoisotopic (exact) mass is 295 g/mol. The molecule has 0 saturated heterocycles. The molecule has 0 aliphatic heterocycles. The van der Waals surface area contributed by atoms with E-state index in [0.717, 1.165) is 29.3 Å². The molecule has 5 nitrogen and oxygen atoms in total. The second-order valence-electron chi connectivity index (χ2n) is 4.53. The van der Waals surface area contributed by atoms with E-state index >= 15 is 0 Å². The van der Waals surface area contributed by atoms with Crippen molar-refractivity contribution in [2.75, 3.05) is 6.54 Å². The number of aromatic nitrogens is 4. The number of rotatable bonds is 5. The van der Waals surface area contributed by atoms with Gasteiger partial charge in [-0.3, -0.25) is 0 Å². The van der Waals surface area contributed by atoms with Gasteiger partial charge in [0.25, 0.3) is 0 Å². The summed E-state index contributed by atoms with van der Waals surface area (Å²) in [6, 6.07) is 6.32. The van der Waals surface area contributed by atoms with Crippen molar-refractivity contribution < 1.29 is 0 Å². The van der Waals surface area contributed by atoms with Gasteiger partial charge in [-0.2, -0.15) is 0 Å². The molecule has 0 bridgehead atoms. The second-order valence-corrected chi connectivity index (χ2v) is 5.98. The molecule has 3 rings (SSSR count). The van der Waals surface area contributed by atoms with E-state index in [4.69, 9.17) is 17.3 Å². The highest BCUT2D eigenvalue weighted by molar-refractivity contribution is 7.99. The maximum Gasteiger partial charge on any atom is 0.214 e. The normalized spacial score (nSPS) is 14.8. The van der Waals surface area contributed by atoms with Crippen LogP contribution < -0.4 is 5.73 Å². The molecule has 1 aromatic carbocycles. The number of hydrogen-bond donors (Lipinski definition) is 1. The second kappa shape index (κ2) is 5.48. The quantitative estimate of drug-likeness (QED) is 0.916. The lowest BCUT2D eigenvalue weighted by Gasteiger charge is -2.08. The molecule has 0 spiro atoms. The van der Waals surface area contributed by atoms with Crippen molar-refractivity contribution in [3.63, 3.8) is 0 Å². The van der Waals surface area contributed by atoms with Gasteiger partial charge in [-0.25, -0.2) is 4.68 Å². The van der Waals surface area contributed by atoms with Gasteiger partial charge in [0.1, 0.15) is 0 Å². The van der Waals surface area contributed by atoms with Crippen LogP contribution in [0, 0.1) is 0 Å². The maximum absolute atomic E-state index is 6.07. The molecule has 19 heavy (non-hydrogen) atoms. The number of nitrogens with zero attached hydrogens (tertiary/aromatic N) is 4. The Kier molecular flexibility index (Phi) is 3.72. The van der Waals surface area contributed by atoms with Crippen LogP contribution in [0.3, 0.4) is 0 Å². The predicted octanol–water partition coefficient (Wildman–Crippen LogP) is 2.31. The largest absolute Gasteiger partial charge is 0.330 e. The van der Waals surface area contributed by atoms with Crippen LogP contribution in [0.1, 0.15) is 24.4 Å². The molecular formula is C12H14ClN5S. The SMILES string of the molecule is NCCc1ccc(Cl)cc1Sc1nnnn1C1CC1. The molecule has 1 fully saturated rings. The number of hydrogen-bond acceptors (Lipinski definition) is 5. The first-order chi connectivity index (χ1) is 9.28. The average Bonchev–Trinajstić information content (AvgIpc) is 3.14. The van der Waals surface area contributed by atoms with Crippen LogP contribution in [0.25, 0.3) is 0 Å². The summed E-state index contributed by atoms with van der Waals surface area (Å²) < 4.78 is 1.90. The Hall–Kier alpha value is -1.11. The van der Waals surface area contributed by atoms with Gasteiger partial charge in [0, 0.05) is 9.92 Å². The van der Waals surface area contributed by atoms with Crippen molar-refractivity contribution in [2.45, 2.75) is 35.4 Å². The molecule has 1 aromatic heterocycles. The van der Waals surface area contributed by atoms with Crippen LogP contribution >= 0.6 is 23.4 Å². The first-order valence-corrected chi connectivity index (χ1v) is 7.41. The number of benzene rings is 1. The molecule has 1 aliphatic rings. The molecule has 0 atom stereocenters. The molecule has 1 aliphatic carbocycles. The summed E-state index contributed by atoms with van der Waals surface area (Å²) in [4.78, 5) is 1.08. The maximum atomic E-state index is 6.07. The van der Waals surface area contributed by atoms with Crippen molar-refractivity contribution in [3.8, 4) is 0 Å². The highest BCUT2D eigenvalue weighted by Gasteiger charge is 2.28. The summed E-state index contributed by atoms with van der Waals surface area (Å²) in [7, 11) is 0. The van der Waals surface area contributed by atoms with Crippen molar-refractivity contribution in [2.24, 2.45) is 5.73 Å². The molecule has 2 N–H and O–H groups in total. The van der Waals surface area contributed by atoms with Gasteiger partial charge >= 0.3 is 0 Å². The van der Waals surface area contributed by atoms with E-state index in [0.29, 0.717) is 17.6 Å². The standard InChI is InChI=1S/C12H14ClN5S/c13-9-2-1-8(5-6-14)11(7-9)19-12-15-16-17-18(12)10-3-4-10/h1-2,7,10H,3-6,14H2. The average molecular weight is 296 g/mol. The van der Waals surface area contributed by atoms with Crippen LogP contribution in [0.4, 0.5) is 0 Å². The van der Waals surface area contributed by atoms with Crippen LogP contribution in [0.2, 0.25) is 5.02 Å². The van der Waals surface area contributed by atoms with Crippen LogP contribution in [-0.2, 0) is 6.42 Å². The van der Waals surface area contributed by atoms with E-state index in [1.807, 2.05) is 22.9 Å². The van der Waals surface area contributed by atoms with E-state index in [-0.39, 0.29) is 0 Å². The molecule has 7 heteroatoms. The summed E-state index contributed by atoms with van der Waals surface area (Å²) in [5, 5.41) is 13.4. The molecular weight excluding hydrogens is 282 g/mol. The predicted molar refractivity (Wildman–Crippen MR) is 74.4 cm³/mol. The Bertz CT molecular complexity index is 581. The summed E-state index contributed by atoms with van der Waals surface area (Å²) in [5.74, 6) is 0. The van der Waals surface area contributed by atoms with Crippen molar-refractivity contribution in [1.82, 2.24) is 20.2 Å². The summed E-state index contributed by atoms with van der Waals surface area (Å²) >= 11 is 7.63. The van der Waals surface area contributed by atoms with Gasteiger partial charge in [-0.1, -0.05) is 17.7 Å². The molecule has 1 heterocycles. The molecule has 0 radical (unpaired) electrons. The third-order valence-corrected chi connectivity index (χ3v) is 4.29. The summed E-state index contributed by atoms with van der Waals surface area (Å²) in [6.07, 6.45) is 3.14. The van der Waals surface area contributed by atoms with E-state index in [1.165, 1.54) is 5.56 Å². The Morgan fingerprint density at radius 2 is 2.26 bits per heavy atom. The van der Waals surface area contributed by atoms with Gasteiger partial charge < -0.3 is 5.73 Å². The zero-order chi connectivity index (χ0) is 13.2. The molecule has 1 saturated carbocycles. The van der Waals surface area contributed by atoms with Crippen LogP contribution in [0.5, 0.6) is 0 Å². The van der Waals surface area contributed by atoms with E-state index < -0.39 is 0 Å². The van der Waals surface area contributed by atoms with Crippen molar-refractivity contribution in [3.05, 3.63) is 28.8 Å². The van der Waals surface area contributed by atoms with Gasteiger partial charge in [-0.15, -0.1) is 5.10 Å². The van der Waals surface area contributed by atoms with Gasteiger partial charge in [-0.05, 0) is 65.7 Å². The van der Waals surface area contributed by atoms with E-state index in [2.05, 4.69) is 15.5 Å². The smallest absolute Gasteiger partial charge is 0.214 e. The Morgan fingerprint density at radius 1 is 1.42 bits per heavy atom. The van der Waals surface area contributed by atoms with E-state index in [9.17, 15) is 0 Å². The third-order valence-electron chi connectivity index (χ3n) is 3.00. The zero-order valence-corrected chi connectivity index (χ0v) is 11.9. The third kappa shape index (κ3) is 2.91. The fourth-order valence-corrected chi connectivity index (χ4v) is 3.16. The minimum Gasteiger partial charge on any atom is -0.330 e. The van der Waals surface area contributed by atoms with Crippen molar-refractivity contribution in [1.29, 1.82) is 0 Å². The van der Waals surface area contributed by atoms with Crippen LogP contribution in [0.15, 0.2) is 28.3 Å². The fraction of sp³-hybridized carbons (Fsp3) is 0.417. The summed E-state index contributed by atoms with van der Waals surface area (Å²) in [5.41, 5.74) is 6.82. The Labute approximate surface area is 120 Å². The lowest BCUT2D eigenvalue weighted by Crippen LogP contribution is -2.04. The number of tetrazole rings is 1. The number of halogens is 1. The van der Waals surface area contributed by atoms with E-state index in [1.54, 1.807) is 11.8 Å². The minimum atomic E-state index is 0.467. The lowest BCUT2D eigenvalue weighted by atomic mass is 10.1.